The van der Waals surface area contributed by atoms with Gasteiger partial charge in [0.05, 0.1) is 11.4 Å². The summed E-state index contributed by atoms with van der Waals surface area (Å²) >= 11 is 0. The van der Waals surface area contributed by atoms with Crippen LogP contribution in [0.5, 0.6) is 0 Å². The predicted octanol–water partition coefficient (Wildman–Crippen LogP) is 4.16. The number of benzene rings is 2. The molecule has 0 aliphatic rings. The maximum atomic E-state index is 13.4. The van der Waals surface area contributed by atoms with Crippen LogP contribution in [-0.4, -0.2) is 0 Å². The number of hydrogen-bond acceptors (Lipinski definition) is 1. The molecule has 0 amide bonds. The third-order valence-corrected chi connectivity index (χ3v) is 2.32. The lowest BCUT2D eigenvalue weighted by Gasteiger charge is -2.09. The van der Waals surface area contributed by atoms with Crippen molar-refractivity contribution in [2.75, 3.05) is 5.32 Å². The van der Waals surface area contributed by atoms with Gasteiger partial charge in [-0.25, -0.2) is 13.2 Å². The Morgan fingerprint density at radius 1 is 0.824 bits per heavy atom. The van der Waals surface area contributed by atoms with Gasteiger partial charge in [0.25, 0.3) is 0 Å². The quantitative estimate of drug-likeness (QED) is 0.827. The summed E-state index contributed by atoms with van der Waals surface area (Å²) in [4.78, 5) is 0. The fourth-order valence-electron chi connectivity index (χ4n) is 1.47. The van der Waals surface area contributed by atoms with E-state index in [2.05, 4.69) is 5.32 Å². The van der Waals surface area contributed by atoms with E-state index >= 15 is 0 Å². The molecule has 0 bridgehead atoms. The first-order valence-corrected chi connectivity index (χ1v) is 5.04. The Hall–Kier alpha value is -1.97. The highest BCUT2D eigenvalue weighted by molar-refractivity contribution is 5.61. The fourth-order valence-corrected chi connectivity index (χ4v) is 1.47. The van der Waals surface area contributed by atoms with Gasteiger partial charge in [-0.05, 0) is 36.8 Å². The number of rotatable bonds is 2. The number of anilines is 2. The first-order chi connectivity index (χ1) is 8.06. The second-order valence-electron chi connectivity index (χ2n) is 3.73. The summed E-state index contributed by atoms with van der Waals surface area (Å²) in [6, 6.07) is 7.54. The summed E-state index contributed by atoms with van der Waals surface area (Å²) < 4.78 is 39.4. The van der Waals surface area contributed by atoms with Crippen LogP contribution in [0.3, 0.4) is 0 Å². The van der Waals surface area contributed by atoms with E-state index in [4.69, 9.17) is 0 Å². The summed E-state index contributed by atoms with van der Waals surface area (Å²) in [5, 5.41) is 2.59. The number of halogens is 3. The monoisotopic (exact) mass is 237 g/mol. The first kappa shape index (κ1) is 11.5. The summed E-state index contributed by atoms with van der Waals surface area (Å²) in [6.07, 6.45) is 0. The molecule has 0 radical (unpaired) electrons. The Morgan fingerprint density at radius 3 is 2.29 bits per heavy atom. The number of nitrogens with one attached hydrogen (secondary N) is 1. The first-order valence-electron chi connectivity index (χ1n) is 5.04. The minimum atomic E-state index is -0.758. The van der Waals surface area contributed by atoms with E-state index in [1.165, 1.54) is 12.1 Å². The highest BCUT2D eigenvalue weighted by Crippen LogP contribution is 2.23. The lowest BCUT2D eigenvalue weighted by atomic mass is 10.2. The van der Waals surface area contributed by atoms with Gasteiger partial charge in [-0.3, -0.25) is 0 Å². The van der Waals surface area contributed by atoms with Crippen molar-refractivity contribution in [2.24, 2.45) is 0 Å². The van der Waals surface area contributed by atoms with Crippen LogP contribution in [0.1, 0.15) is 5.56 Å². The lowest BCUT2D eigenvalue weighted by molar-refractivity contribution is 0.585. The molecule has 0 heterocycles. The second-order valence-corrected chi connectivity index (χ2v) is 3.73. The second kappa shape index (κ2) is 4.49. The molecule has 0 spiro atoms. The Kier molecular flexibility index (Phi) is 3.04. The summed E-state index contributed by atoms with van der Waals surface area (Å²) in [6.45, 7) is 1.80. The van der Waals surface area contributed by atoms with E-state index in [-0.39, 0.29) is 11.4 Å². The molecule has 1 N–H and O–H groups in total. The normalized spacial score (nSPS) is 10.4. The van der Waals surface area contributed by atoms with Crippen LogP contribution in [-0.2, 0) is 0 Å². The average molecular weight is 237 g/mol. The van der Waals surface area contributed by atoms with Gasteiger partial charge in [0.1, 0.15) is 17.5 Å². The molecule has 1 nitrogen and oxygen atoms in total. The van der Waals surface area contributed by atoms with Crippen LogP contribution in [0.4, 0.5) is 24.5 Å². The van der Waals surface area contributed by atoms with Crippen molar-refractivity contribution in [1.29, 1.82) is 0 Å². The third kappa shape index (κ3) is 2.58. The van der Waals surface area contributed by atoms with Gasteiger partial charge >= 0.3 is 0 Å². The molecule has 2 rings (SSSR count). The van der Waals surface area contributed by atoms with Gasteiger partial charge in [0, 0.05) is 6.07 Å². The van der Waals surface area contributed by atoms with E-state index in [0.29, 0.717) is 0 Å². The maximum absolute atomic E-state index is 13.4. The van der Waals surface area contributed by atoms with E-state index in [1.807, 2.05) is 0 Å². The van der Waals surface area contributed by atoms with Gasteiger partial charge in [0.2, 0.25) is 0 Å². The van der Waals surface area contributed by atoms with Crippen molar-refractivity contribution in [2.45, 2.75) is 6.92 Å². The molecule has 2 aromatic rings. The molecule has 0 atom stereocenters. The third-order valence-electron chi connectivity index (χ3n) is 2.32. The highest BCUT2D eigenvalue weighted by Gasteiger charge is 2.07. The Balaban J connectivity index is 2.34. The van der Waals surface area contributed by atoms with Crippen LogP contribution in [0.25, 0.3) is 0 Å². The molecule has 2 aromatic carbocycles. The van der Waals surface area contributed by atoms with Crippen molar-refractivity contribution in [3.63, 3.8) is 0 Å². The van der Waals surface area contributed by atoms with Crippen LogP contribution in [0.2, 0.25) is 0 Å². The van der Waals surface area contributed by atoms with E-state index in [9.17, 15) is 13.2 Å². The Morgan fingerprint density at radius 2 is 1.59 bits per heavy atom. The van der Waals surface area contributed by atoms with Crippen LogP contribution in [0.15, 0.2) is 36.4 Å². The van der Waals surface area contributed by atoms with Crippen LogP contribution < -0.4 is 5.32 Å². The summed E-state index contributed by atoms with van der Waals surface area (Å²) in [5.41, 5.74) is 1.04. The minimum absolute atomic E-state index is 0.0379. The number of hydrogen-bond donors (Lipinski definition) is 1. The molecule has 0 unspecified atom stereocenters. The van der Waals surface area contributed by atoms with Crippen molar-refractivity contribution < 1.29 is 13.2 Å². The molecular weight excluding hydrogens is 227 g/mol. The molecule has 0 saturated carbocycles. The van der Waals surface area contributed by atoms with Crippen LogP contribution >= 0.6 is 0 Å². The van der Waals surface area contributed by atoms with Gasteiger partial charge < -0.3 is 5.32 Å². The van der Waals surface area contributed by atoms with Crippen molar-refractivity contribution in [3.8, 4) is 0 Å². The van der Waals surface area contributed by atoms with Crippen molar-refractivity contribution >= 4 is 11.4 Å². The van der Waals surface area contributed by atoms with E-state index in [0.717, 1.165) is 17.7 Å². The van der Waals surface area contributed by atoms with Gasteiger partial charge in [-0.1, -0.05) is 6.07 Å². The van der Waals surface area contributed by atoms with E-state index < -0.39 is 17.5 Å². The lowest BCUT2D eigenvalue weighted by Crippen LogP contribution is -1.97. The molecule has 0 aliphatic carbocycles. The maximum Gasteiger partial charge on any atom is 0.149 e. The fraction of sp³-hybridized carbons (Fsp3) is 0.0769. The summed E-state index contributed by atoms with van der Waals surface area (Å²) in [5.74, 6) is -1.91. The number of aryl methyl sites for hydroxylation is 1. The van der Waals surface area contributed by atoms with Gasteiger partial charge in [-0.2, -0.15) is 0 Å². The Labute approximate surface area is 96.9 Å². The zero-order chi connectivity index (χ0) is 12.4. The van der Waals surface area contributed by atoms with E-state index in [1.54, 1.807) is 19.1 Å². The van der Waals surface area contributed by atoms with Gasteiger partial charge in [-0.15, -0.1) is 0 Å². The topological polar surface area (TPSA) is 12.0 Å². The Bertz CT molecular complexity index is 552. The van der Waals surface area contributed by atoms with Crippen molar-refractivity contribution in [1.82, 2.24) is 0 Å². The molecule has 4 heteroatoms. The average Bonchev–Trinajstić information content (AvgIpc) is 2.27. The molecule has 0 aromatic heterocycles. The molecule has 88 valence electrons. The largest absolute Gasteiger partial charge is 0.351 e. The predicted molar refractivity (Wildman–Crippen MR) is 60.8 cm³/mol. The molecule has 0 aliphatic heterocycles. The standard InChI is InChI=1S/C13H10F3N/c1-8-2-4-10(15)13(6-8)17-12-5-3-9(14)7-11(12)16/h2-7,17H,1H3. The zero-order valence-corrected chi connectivity index (χ0v) is 9.10. The summed E-state index contributed by atoms with van der Waals surface area (Å²) in [7, 11) is 0. The van der Waals surface area contributed by atoms with Crippen LogP contribution in [0, 0.1) is 24.4 Å². The van der Waals surface area contributed by atoms with Gasteiger partial charge in [0.15, 0.2) is 0 Å². The minimum Gasteiger partial charge on any atom is -0.351 e. The zero-order valence-electron chi connectivity index (χ0n) is 9.10. The SMILES string of the molecule is Cc1ccc(F)c(Nc2ccc(F)cc2F)c1. The molecule has 0 saturated heterocycles. The molecular formula is C13H10F3N. The highest BCUT2D eigenvalue weighted by atomic mass is 19.1. The smallest absolute Gasteiger partial charge is 0.149 e. The molecule has 0 fully saturated rings. The van der Waals surface area contributed by atoms with Crippen molar-refractivity contribution in [3.05, 3.63) is 59.4 Å². The molecule has 17 heavy (non-hydrogen) atoms.